The quantitative estimate of drug-likeness (QED) is 0.455. The zero-order valence-electron chi connectivity index (χ0n) is 10.5. The second kappa shape index (κ2) is 6.21. The van der Waals surface area contributed by atoms with Gasteiger partial charge in [-0.3, -0.25) is 10.9 Å². The van der Waals surface area contributed by atoms with Crippen molar-refractivity contribution in [3.8, 4) is 0 Å². The number of ether oxygens (including phenoxy) is 1. The van der Waals surface area contributed by atoms with Gasteiger partial charge in [-0.05, 0) is 28.1 Å². The third-order valence-corrected chi connectivity index (χ3v) is 3.48. The minimum absolute atomic E-state index is 0.102. The van der Waals surface area contributed by atoms with Crippen molar-refractivity contribution in [2.45, 2.75) is 5.54 Å². The number of hydrazine groups is 1. The van der Waals surface area contributed by atoms with Crippen LogP contribution in [0.3, 0.4) is 0 Å². The maximum Gasteiger partial charge on any atom is 0.375 e. The molecule has 1 aromatic rings. The number of halogens is 1. The lowest BCUT2D eigenvalue weighted by molar-refractivity contribution is -0.140. The first kappa shape index (κ1) is 14.8. The summed E-state index contributed by atoms with van der Waals surface area (Å²) in [5.41, 5.74) is 4.93. The van der Waals surface area contributed by atoms with Gasteiger partial charge in [0, 0.05) is 4.47 Å². The van der Waals surface area contributed by atoms with Crippen LogP contribution in [0.5, 0.6) is 0 Å². The minimum Gasteiger partial charge on any atom is -0.457 e. The van der Waals surface area contributed by atoms with Gasteiger partial charge in [0.05, 0.1) is 18.9 Å². The predicted octanol–water partition coefficient (Wildman–Crippen LogP) is 0.0443. The summed E-state index contributed by atoms with van der Waals surface area (Å²) in [5.74, 6) is -0.753. The molecule has 0 saturated carbocycles. The number of hydrogen-bond acceptors (Lipinski definition) is 7. The third-order valence-electron chi connectivity index (χ3n) is 2.79. The number of aliphatic imine (C=N–C) groups is 1. The van der Waals surface area contributed by atoms with Crippen LogP contribution in [-0.2, 0) is 9.53 Å². The number of para-hydroxylation sites is 1. The number of cyclic esters (lactones) is 1. The molecule has 108 valence electrons. The first-order valence-electron chi connectivity index (χ1n) is 5.85. The van der Waals surface area contributed by atoms with E-state index in [-0.39, 0.29) is 12.4 Å². The number of carbonyl (C=O) groups is 1. The maximum atomic E-state index is 11.6. The molecule has 0 atom stereocenters. The number of anilines is 1. The van der Waals surface area contributed by atoms with Gasteiger partial charge in [-0.15, -0.1) is 0 Å². The van der Waals surface area contributed by atoms with Crippen molar-refractivity contribution >= 4 is 33.4 Å². The monoisotopic (exact) mass is 343 g/mol. The number of rotatable bonds is 4. The van der Waals surface area contributed by atoms with Gasteiger partial charge in [0.25, 0.3) is 0 Å². The number of benzene rings is 1. The smallest absolute Gasteiger partial charge is 0.375 e. The molecule has 4 N–H and O–H groups in total. The number of nitrogens with one attached hydrogen (secondary N) is 2. The van der Waals surface area contributed by atoms with E-state index < -0.39 is 24.7 Å². The molecule has 0 unspecified atom stereocenters. The summed E-state index contributed by atoms with van der Waals surface area (Å²) in [7, 11) is 0. The fourth-order valence-corrected chi connectivity index (χ4v) is 1.95. The summed E-state index contributed by atoms with van der Waals surface area (Å²) in [4.78, 5) is 15.6. The first-order valence-corrected chi connectivity index (χ1v) is 6.65. The van der Waals surface area contributed by atoms with Crippen LogP contribution in [0.1, 0.15) is 0 Å². The molecule has 0 spiro atoms. The molecular formula is C12H14BrN3O4. The fourth-order valence-electron chi connectivity index (χ4n) is 1.56. The lowest BCUT2D eigenvalue weighted by Crippen LogP contribution is -2.51. The van der Waals surface area contributed by atoms with E-state index in [1.54, 1.807) is 6.07 Å². The Hall–Kier alpha value is -1.64. The number of hydrogen-bond donors (Lipinski definition) is 4. The van der Waals surface area contributed by atoms with Crippen LogP contribution in [0.25, 0.3) is 0 Å². The van der Waals surface area contributed by atoms with Gasteiger partial charge in [-0.2, -0.15) is 0 Å². The maximum absolute atomic E-state index is 11.6. The SMILES string of the molecule is O=C1OCC(CO)(CO)N=C1NNc1ccccc1Br. The van der Waals surface area contributed by atoms with Gasteiger partial charge >= 0.3 is 5.97 Å². The second-order valence-corrected chi connectivity index (χ2v) is 5.16. The Labute approximate surface area is 123 Å². The van der Waals surface area contributed by atoms with E-state index in [1.807, 2.05) is 18.2 Å². The lowest BCUT2D eigenvalue weighted by Gasteiger charge is -2.30. The second-order valence-electron chi connectivity index (χ2n) is 4.31. The predicted molar refractivity (Wildman–Crippen MR) is 76.2 cm³/mol. The molecule has 0 aliphatic carbocycles. The van der Waals surface area contributed by atoms with Crippen LogP contribution in [0.4, 0.5) is 5.69 Å². The molecule has 0 bridgehead atoms. The molecule has 0 fully saturated rings. The lowest BCUT2D eigenvalue weighted by atomic mass is 10.0. The molecule has 8 heteroatoms. The number of nitrogens with zero attached hydrogens (tertiary/aromatic N) is 1. The van der Waals surface area contributed by atoms with Crippen LogP contribution in [0.15, 0.2) is 33.7 Å². The number of amidine groups is 1. The summed E-state index contributed by atoms with van der Waals surface area (Å²) in [6.07, 6.45) is 0. The molecule has 1 aromatic carbocycles. The standard InChI is InChI=1S/C12H14BrN3O4/c13-8-3-1-2-4-9(8)15-16-10-11(19)20-7-12(5-17,6-18)14-10/h1-4,15,17-18H,5-7H2,(H,14,16). The fraction of sp³-hybridized carbons (Fsp3) is 0.333. The average Bonchev–Trinajstić information content (AvgIpc) is 2.48. The molecule has 1 heterocycles. The van der Waals surface area contributed by atoms with E-state index >= 15 is 0 Å². The van der Waals surface area contributed by atoms with E-state index in [0.717, 1.165) is 4.47 Å². The van der Waals surface area contributed by atoms with Crippen LogP contribution >= 0.6 is 15.9 Å². The van der Waals surface area contributed by atoms with Gasteiger partial charge in [0.15, 0.2) is 0 Å². The number of aliphatic hydroxyl groups is 2. The molecule has 7 nitrogen and oxygen atoms in total. The van der Waals surface area contributed by atoms with E-state index in [2.05, 4.69) is 31.8 Å². The highest BCUT2D eigenvalue weighted by atomic mass is 79.9. The highest BCUT2D eigenvalue weighted by Crippen LogP contribution is 2.20. The number of carbonyl (C=O) groups excluding carboxylic acids is 1. The minimum atomic E-state index is -1.20. The Morgan fingerprint density at radius 3 is 2.65 bits per heavy atom. The Morgan fingerprint density at radius 1 is 1.30 bits per heavy atom. The molecule has 20 heavy (non-hydrogen) atoms. The van der Waals surface area contributed by atoms with Crippen molar-refractivity contribution in [2.75, 3.05) is 25.2 Å². The Kier molecular flexibility index (Phi) is 4.58. The molecule has 1 aliphatic heterocycles. The molecule has 2 rings (SSSR count). The highest BCUT2D eigenvalue weighted by molar-refractivity contribution is 9.10. The largest absolute Gasteiger partial charge is 0.457 e. The summed E-state index contributed by atoms with van der Waals surface area (Å²) < 4.78 is 5.70. The zero-order chi connectivity index (χ0) is 14.6. The third kappa shape index (κ3) is 3.09. The molecule has 0 saturated heterocycles. The molecule has 0 radical (unpaired) electrons. The van der Waals surface area contributed by atoms with Gasteiger partial charge in [0.2, 0.25) is 5.84 Å². The van der Waals surface area contributed by atoms with Crippen LogP contribution in [0.2, 0.25) is 0 Å². The number of esters is 1. The normalized spacial score (nSPS) is 17.1. The van der Waals surface area contributed by atoms with E-state index in [0.29, 0.717) is 5.69 Å². The van der Waals surface area contributed by atoms with Gasteiger partial charge in [-0.25, -0.2) is 9.79 Å². The van der Waals surface area contributed by atoms with E-state index in [4.69, 9.17) is 4.74 Å². The van der Waals surface area contributed by atoms with Crippen molar-refractivity contribution in [3.05, 3.63) is 28.7 Å². The summed E-state index contributed by atoms with van der Waals surface area (Å²) >= 11 is 3.35. The number of aliphatic hydroxyl groups excluding tert-OH is 2. The summed E-state index contributed by atoms with van der Waals surface area (Å²) in [6, 6.07) is 7.29. The summed E-state index contributed by atoms with van der Waals surface area (Å²) in [5, 5.41) is 18.5. The van der Waals surface area contributed by atoms with E-state index in [9.17, 15) is 15.0 Å². The zero-order valence-corrected chi connectivity index (χ0v) is 12.1. The topological polar surface area (TPSA) is 103 Å². The van der Waals surface area contributed by atoms with Crippen LogP contribution < -0.4 is 10.9 Å². The first-order chi connectivity index (χ1) is 9.60. The van der Waals surface area contributed by atoms with E-state index in [1.165, 1.54) is 0 Å². The molecule has 0 amide bonds. The van der Waals surface area contributed by atoms with Gasteiger partial charge in [-0.1, -0.05) is 12.1 Å². The van der Waals surface area contributed by atoms with Crippen molar-refractivity contribution in [1.29, 1.82) is 0 Å². The molecular weight excluding hydrogens is 330 g/mol. The Balaban J connectivity index is 2.13. The highest BCUT2D eigenvalue weighted by Gasteiger charge is 2.36. The van der Waals surface area contributed by atoms with Crippen LogP contribution in [0, 0.1) is 0 Å². The average molecular weight is 344 g/mol. The van der Waals surface area contributed by atoms with Gasteiger partial charge in [0.1, 0.15) is 12.1 Å². The Morgan fingerprint density at radius 2 is 2.00 bits per heavy atom. The van der Waals surface area contributed by atoms with Crippen molar-refractivity contribution in [3.63, 3.8) is 0 Å². The molecule has 1 aliphatic rings. The van der Waals surface area contributed by atoms with Crippen molar-refractivity contribution in [2.24, 2.45) is 4.99 Å². The molecule has 0 aromatic heterocycles. The van der Waals surface area contributed by atoms with Gasteiger partial charge < -0.3 is 14.9 Å². The Bertz CT molecular complexity index is 531. The van der Waals surface area contributed by atoms with Crippen molar-refractivity contribution in [1.82, 2.24) is 5.43 Å². The van der Waals surface area contributed by atoms with Crippen molar-refractivity contribution < 1.29 is 19.7 Å². The van der Waals surface area contributed by atoms with Crippen LogP contribution in [-0.4, -0.2) is 47.4 Å². The summed E-state index contributed by atoms with van der Waals surface area (Å²) in [6.45, 7) is -0.993.